The van der Waals surface area contributed by atoms with Crippen LogP contribution in [-0.4, -0.2) is 25.2 Å². The van der Waals surface area contributed by atoms with E-state index < -0.39 is 7.26 Å². The van der Waals surface area contributed by atoms with Gasteiger partial charge in [0, 0.05) is 13.9 Å². The third kappa shape index (κ3) is 23.4. The fourth-order valence-electron chi connectivity index (χ4n) is 4.16. The molecule has 0 heterocycles. The van der Waals surface area contributed by atoms with E-state index in [4.69, 9.17) is 0 Å². The topological polar surface area (TPSA) is 35.0 Å². The second kappa shape index (κ2) is 26.2. The molecule has 0 unspecified atom stereocenters. The van der Waals surface area contributed by atoms with Crippen molar-refractivity contribution in [2.45, 2.75) is 136 Å². The van der Waals surface area contributed by atoms with Crippen LogP contribution in [-0.2, 0) is 0 Å². The maximum absolute atomic E-state index is 2.73. The van der Waals surface area contributed by atoms with Gasteiger partial charge in [-0.05, 0) is 38.5 Å². The van der Waals surface area contributed by atoms with E-state index in [0.29, 0.717) is 0 Å². The fraction of sp³-hybridized carbons (Fsp3) is 1.00. The molecular formula is C25H58INP+. The summed E-state index contributed by atoms with van der Waals surface area (Å²) in [5.74, 6) is 0. The van der Waals surface area contributed by atoms with Crippen molar-refractivity contribution in [3.8, 4) is 0 Å². The van der Waals surface area contributed by atoms with Crippen LogP contribution in [0.15, 0.2) is 0 Å². The molecule has 0 amide bonds. The van der Waals surface area contributed by atoms with Gasteiger partial charge in [0.15, 0.2) is 0 Å². The molecule has 0 radical (unpaired) electrons. The zero-order chi connectivity index (χ0) is 19.3. The Kier molecular flexibility index (Phi) is 31.5. The van der Waals surface area contributed by atoms with Gasteiger partial charge in [-0.15, -0.1) is 24.0 Å². The lowest BCUT2D eigenvalue weighted by atomic mass is 10.1. The summed E-state index contributed by atoms with van der Waals surface area (Å²) >= 11 is 0. The fourth-order valence-corrected chi connectivity index (χ4v) is 7.79. The molecule has 0 saturated carbocycles. The first-order valence-corrected chi connectivity index (χ1v) is 15.3. The van der Waals surface area contributed by atoms with Gasteiger partial charge in [0.05, 0.1) is 18.5 Å². The van der Waals surface area contributed by atoms with E-state index in [9.17, 15) is 0 Å². The van der Waals surface area contributed by atoms with Gasteiger partial charge < -0.3 is 6.15 Å². The number of rotatable bonds is 21. The molecule has 3 N–H and O–H groups in total. The predicted molar refractivity (Wildman–Crippen MR) is 148 cm³/mol. The van der Waals surface area contributed by atoms with Crippen molar-refractivity contribution in [3.63, 3.8) is 0 Å². The molecule has 0 fully saturated rings. The Morgan fingerprint density at radius 2 is 0.607 bits per heavy atom. The summed E-state index contributed by atoms with van der Waals surface area (Å²) < 4.78 is 0. The maximum atomic E-state index is 2.73. The highest BCUT2D eigenvalue weighted by Crippen LogP contribution is 2.57. The lowest BCUT2D eigenvalue weighted by Gasteiger charge is -2.24. The van der Waals surface area contributed by atoms with Crippen molar-refractivity contribution in [1.82, 2.24) is 6.15 Å². The molecule has 0 aliphatic rings. The molecule has 3 heteroatoms. The van der Waals surface area contributed by atoms with Crippen LogP contribution in [0.25, 0.3) is 0 Å². The molecular weight excluding hydrogens is 472 g/mol. The first kappa shape index (κ1) is 33.8. The van der Waals surface area contributed by atoms with Crippen LogP contribution >= 0.6 is 31.2 Å². The minimum absolute atomic E-state index is 0. The second-order valence-corrected chi connectivity index (χ2v) is 13.7. The summed E-state index contributed by atoms with van der Waals surface area (Å²) in [5.41, 5.74) is 0. The van der Waals surface area contributed by atoms with Gasteiger partial charge in [-0.2, -0.15) is 0 Å². The van der Waals surface area contributed by atoms with E-state index in [-0.39, 0.29) is 30.1 Å². The molecule has 0 saturated heterocycles. The number of hydrogen-bond acceptors (Lipinski definition) is 1. The Balaban J connectivity index is -0.00000312. The Labute approximate surface area is 198 Å². The summed E-state index contributed by atoms with van der Waals surface area (Å²) in [4.78, 5) is 0. The molecule has 0 bridgehead atoms. The SMILES string of the molecule is CCCCCCCC[P+](C)(CCCCCCCC)CCCCCCCC.I.N. The van der Waals surface area contributed by atoms with Crippen molar-refractivity contribution in [2.24, 2.45) is 0 Å². The molecule has 0 atom stereocenters. The molecule has 1 nitrogen and oxygen atoms in total. The normalized spacial score (nSPS) is 11.1. The van der Waals surface area contributed by atoms with Gasteiger partial charge in [0.2, 0.25) is 0 Å². The van der Waals surface area contributed by atoms with Gasteiger partial charge in [0.25, 0.3) is 0 Å². The minimum Gasteiger partial charge on any atom is -0.344 e. The number of unbranched alkanes of at least 4 members (excludes halogenated alkanes) is 15. The van der Waals surface area contributed by atoms with E-state index in [0.717, 1.165) is 0 Å². The summed E-state index contributed by atoms with van der Waals surface area (Å²) in [6.45, 7) is 9.70. The van der Waals surface area contributed by atoms with E-state index in [1.165, 1.54) is 116 Å². The van der Waals surface area contributed by atoms with Gasteiger partial charge in [-0.25, -0.2) is 0 Å². The Hall–Kier alpha value is 1.12. The van der Waals surface area contributed by atoms with Crippen molar-refractivity contribution in [1.29, 1.82) is 0 Å². The number of halogens is 1. The third-order valence-corrected chi connectivity index (χ3v) is 10.3. The molecule has 0 aromatic rings. The quantitative estimate of drug-likeness (QED) is 0.0894. The summed E-state index contributed by atoms with van der Waals surface area (Å²) in [5, 5.41) is 0. The van der Waals surface area contributed by atoms with E-state index in [2.05, 4.69) is 27.4 Å². The Morgan fingerprint density at radius 3 is 0.857 bits per heavy atom. The highest BCUT2D eigenvalue weighted by Gasteiger charge is 2.29. The van der Waals surface area contributed by atoms with Crippen molar-refractivity contribution >= 4 is 31.2 Å². The largest absolute Gasteiger partial charge is 0.344 e. The van der Waals surface area contributed by atoms with E-state index >= 15 is 0 Å². The van der Waals surface area contributed by atoms with Crippen LogP contribution in [0.2, 0.25) is 0 Å². The van der Waals surface area contributed by atoms with E-state index in [1.54, 1.807) is 18.5 Å². The molecule has 174 valence electrons. The van der Waals surface area contributed by atoms with Crippen molar-refractivity contribution < 1.29 is 0 Å². The second-order valence-electron chi connectivity index (χ2n) is 9.09. The summed E-state index contributed by atoms with van der Waals surface area (Å²) in [6, 6.07) is 0. The zero-order valence-corrected chi connectivity index (χ0v) is 23.6. The molecule has 28 heavy (non-hydrogen) atoms. The van der Waals surface area contributed by atoms with Crippen LogP contribution in [0.5, 0.6) is 0 Å². The van der Waals surface area contributed by atoms with Gasteiger partial charge >= 0.3 is 0 Å². The van der Waals surface area contributed by atoms with Gasteiger partial charge in [-0.3, -0.25) is 0 Å². The Morgan fingerprint density at radius 1 is 0.393 bits per heavy atom. The molecule has 0 spiro atoms. The lowest BCUT2D eigenvalue weighted by Crippen LogP contribution is -2.08. The average Bonchev–Trinajstić information content (AvgIpc) is 2.64. The highest BCUT2D eigenvalue weighted by atomic mass is 127. The molecule has 0 aromatic heterocycles. The van der Waals surface area contributed by atoms with Crippen LogP contribution in [0.4, 0.5) is 0 Å². The first-order chi connectivity index (χ1) is 12.7. The maximum Gasteiger partial charge on any atom is 0.0591 e. The highest BCUT2D eigenvalue weighted by molar-refractivity contribution is 14.0. The summed E-state index contributed by atoms with van der Waals surface area (Å²) in [7, 11) is -0.636. The van der Waals surface area contributed by atoms with Gasteiger partial charge in [0.1, 0.15) is 0 Å². The van der Waals surface area contributed by atoms with Crippen LogP contribution in [0, 0.1) is 0 Å². The standard InChI is InChI=1S/C25H54P.HI.H3N/c1-5-8-11-14-17-20-23-26(4,24-21-18-15-12-9-6-2)25-22-19-16-13-10-7-3;;/h5-25H2,1-4H3;1H;1H3/q+1;;. The van der Waals surface area contributed by atoms with Crippen molar-refractivity contribution in [2.75, 3.05) is 25.2 Å². The van der Waals surface area contributed by atoms with Crippen molar-refractivity contribution in [3.05, 3.63) is 0 Å². The minimum atomic E-state index is -0.636. The van der Waals surface area contributed by atoms with Gasteiger partial charge in [-0.1, -0.05) is 97.8 Å². The van der Waals surface area contributed by atoms with Crippen LogP contribution in [0.3, 0.4) is 0 Å². The summed E-state index contributed by atoms with van der Waals surface area (Å²) in [6.07, 6.45) is 31.2. The van der Waals surface area contributed by atoms with Crippen LogP contribution in [0.1, 0.15) is 136 Å². The smallest absolute Gasteiger partial charge is 0.0591 e. The zero-order valence-electron chi connectivity index (χ0n) is 20.4. The third-order valence-electron chi connectivity index (χ3n) is 6.15. The lowest BCUT2D eigenvalue weighted by molar-refractivity contribution is 0.616. The molecule has 0 rings (SSSR count). The monoisotopic (exact) mass is 530 g/mol. The molecule has 0 aliphatic heterocycles. The molecule has 0 aliphatic carbocycles. The average molecular weight is 531 g/mol. The number of hydrogen-bond donors (Lipinski definition) is 1. The first-order valence-electron chi connectivity index (χ1n) is 12.5. The van der Waals surface area contributed by atoms with E-state index in [1.807, 2.05) is 0 Å². The van der Waals surface area contributed by atoms with Crippen LogP contribution < -0.4 is 6.15 Å². The Bertz CT molecular complexity index is 232. The predicted octanol–water partition coefficient (Wildman–Crippen LogP) is 10.5. The molecule has 0 aromatic carbocycles.